The summed E-state index contributed by atoms with van der Waals surface area (Å²) in [6.45, 7) is 2.98. The zero-order valence-corrected chi connectivity index (χ0v) is 14.1. The van der Waals surface area contributed by atoms with Gasteiger partial charge in [-0.1, -0.05) is 0 Å². The molecule has 1 saturated carbocycles. The molecule has 1 fully saturated rings. The molecule has 122 valence electrons. The lowest BCUT2D eigenvalue weighted by Crippen LogP contribution is -2.40. The lowest BCUT2D eigenvalue weighted by atomic mass is 9.96. The third-order valence-electron chi connectivity index (χ3n) is 4.70. The van der Waals surface area contributed by atoms with Crippen molar-refractivity contribution in [1.82, 2.24) is 14.7 Å². The van der Waals surface area contributed by atoms with Gasteiger partial charge >= 0.3 is 0 Å². The summed E-state index contributed by atoms with van der Waals surface area (Å²) in [4.78, 5) is 14.6. The van der Waals surface area contributed by atoms with Crippen molar-refractivity contribution < 1.29 is 9.53 Å². The third-order valence-corrected chi connectivity index (χ3v) is 5.38. The second kappa shape index (κ2) is 6.09. The summed E-state index contributed by atoms with van der Waals surface area (Å²) in [6.07, 6.45) is 4.56. The largest absolute Gasteiger partial charge is 0.384 e. The Hall–Kier alpha value is -1.66. The molecule has 0 aromatic carbocycles. The fourth-order valence-electron chi connectivity index (χ4n) is 3.40. The lowest BCUT2D eigenvalue weighted by Gasteiger charge is -2.33. The number of nitrogens with zero attached hydrogens (tertiary/aromatic N) is 3. The average Bonchev–Trinajstić information content (AvgIpc) is 3.04. The van der Waals surface area contributed by atoms with Crippen molar-refractivity contribution in [3.63, 3.8) is 0 Å². The standard InChI is InChI=1S/C17H21N3O2S/c1-22-10-15-9-19(17(21)13-4-5-23-11-13)8-14-6-18-20(16(14)15)7-12-2-3-12/h4-6,11-12,15H,2-3,7-10H2,1H3/t15-/m1/s1. The van der Waals surface area contributed by atoms with Crippen LogP contribution in [-0.2, 0) is 17.8 Å². The first-order valence-electron chi connectivity index (χ1n) is 8.11. The average molecular weight is 331 g/mol. The maximum Gasteiger partial charge on any atom is 0.255 e. The Bertz CT molecular complexity index is 691. The number of carbonyl (C=O) groups excluding carboxylic acids is 1. The summed E-state index contributed by atoms with van der Waals surface area (Å²) in [5.41, 5.74) is 3.22. The lowest BCUT2D eigenvalue weighted by molar-refractivity contribution is 0.0675. The molecule has 0 radical (unpaired) electrons. The highest BCUT2D eigenvalue weighted by atomic mass is 32.1. The molecule has 0 saturated heterocycles. The van der Waals surface area contributed by atoms with E-state index in [9.17, 15) is 4.79 Å². The van der Waals surface area contributed by atoms with E-state index >= 15 is 0 Å². The summed E-state index contributed by atoms with van der Waals surface area (Å²) in [7, 11) is 1.72. The maximum atomic E-state index is 12.7. The van der Waals surface area contributed by atoms with Crippen LogP contribution in [0.25, 0.3) is 0 Å². The molecule has 3 heterocycles. The molecule has 0 unspecified atom stereocenters. The van der Waals surface area contributed by atoms with Gasteiger partial charge in [-0.15, -0.1) is 0 Å². The van der Waals surface area contributed by atoms with E-state index < -0.39 is 0 Å². The van der Waals surface area contributed by atoms with Crippen LogP contribution in [0, 0.1) is 5.92 Å². The van der Waals surface area contributed by atoms with Gasteiger partial charge in [-0.2, -0.15) is 16.4 Å². The second-order valence-electron chi connectivity index (χ2n) is 6.53. The van der Waals surface area contributed by atoms with E-state index in [0.717, 1.165) is 18.0 Å². The SMILES string of the molecule is COC[C@H]1CN(C(=O)c2ccsc2)Cc2cnn(CC3CC3)c21. The van der Waals surface area contributed by atoms with E-state index in [1.54, 1.807) is 18.4 Å². The zero-order valence-electron chi connectivity index (χ0n) is 13.3. The van der Waals surface area contributed by atoms with Crippen molar-refractivity contribution in [3.8, 4) is 0 Å². The fourth-order valence-corrected chi connectivity index (χ4v) is 4.03. The minimum Gasteiger partial charge on any atom is -0.384 e. The molecule has 5 nitrogen and oxygen atoms in total. The number of aromatic nitrogens is 2. The molecule has 4 rings (SSSR count). The highest BCUT2D eigenvalue weighted by Gasteiger charge is 2.33. The number of fused-ring (bicyclic) bond motifs is 1. The van der Waals surface area contributed by atoms with Gasteiger partial charge in [0.15, 0.2) is 0 Å². The molecular weight excluding hydrogens is 310 g/mol. The number of carbonyl (C=O) groups is 1. The molecule has 2 aliphatic rings. The monoisotopic (exact) mass is 331 g/mol. The molecule has 0 spiro atoms. The number of methoxy groups -OCH3 is 1. The van der Waals surface area contributed by atoms with Crippen molar-refractivity contribution in [2.75, 3.05) is 20.3 Å². The summed E-state index contributed by atoms with van der Waals surface area (Å²) in [5, 5.41) is 8.46. The molecule has 0 N–H and O–H groups in total. The van der Waals surface area contributed by atoms with E-state index in [2.05, 4.69) is 9.78 Å². The van der Waals surface area contributed by atoms with Gasteiger partial charge in [0.1, 0.15) is 0 Å². The first-order valence-corrected chi connectivity index (χ1v) is 9.05. The van der Waals surface area contributed by atoms with E-state index in [1.165, 1.54) is 24.1 Å². The number of hydrogen-bond donors (Lipinski definition) is 0. The minimum atomic E-state index is 0.105. The molecule has 2 aromatic heterocycles. The highest BCUT2D eigenvalue weighted by Crippen LogP contribution is 2.34. The molecule has 0 bridgehead atoms. The van der Waals surface area contributed by atoms with Crippen molar-refractivity contribution >= 4 is 17.2 Å². The Balaban J connectivity index is 1.60. The van der Waals surface area contributed by atoms with E-state index in [-0.39, 0.29) is 11.8 Å². The highest BCUT2D eigenvalue weighted by molar-refractivity contribution is 7.08. The van der Waals surface area contributed by atoms with Crippen LogP contribution < -0.4 is 0 Å². The van der Waals surface area contributed by atoms with Crippen LogP contribution in [0.15, 0.2) is 23.0 Å². The van der Waals surface area contributed by atoms with Gasteiger partial charge in [0.25, 0.3) is 5.91 Å². The van der Waals surface area contributed by atoms with E-state index in [0.29, 0.717) is 19.7 Å². The van der Waals surface area contributed by atoms with E-state index in [1.807, 2.05) is 27.9 Å². The van der Waals surface area contributed by atoms with Gasteiger partial charge in [0, 0.05) is 43.6 Å². The van der Waals surface area contributed by atoms with Gasteiger partial charge < -0.3 is 9.64 Å². The first-order chi connectivity index (χ1) is 11.3. The van der Waals surface area contributed by atoms with Crippen LogP contribution in [0.1, 0.15) is 40.4 Å². The van der Waals surface area contributed by atoms with Crippen molar-refractivity contribution in [2.24, 2.45) is 5.92 Å². The first kappa shape index (κ1) is 14.9. The van der Waals surface area contributed by atoms with Crippen molar-refractivity contribution in [3.05, 3.63) is 39.8 Å². The smallest absolute Gasteiger partial charge is 0.255 e. The van der Waals surface area contributed by atoms with Gasteiger partial charge in [0.2, 0.25) is 0 Å². The number of thiophene rings is 1. The molecule has 6 heteroatoms. The normalized spacial score (nSPS) is 20.6. The summed E-state index contributed by atoms with van der Waals surface area (Å²) >= 11 is 1.56. The van der Waals surface area contributed by atoms with Gasteiger partial charge in [0.05, 0.1) is 24.1 Å². The molecule has 2 aromatic rings. The topological polar surface area (TPSA) is 47.4 Å². The maximum absolute atomic E-state index is 12.7. The summed E-state index contributed by atoms with van der Waals surface area (Å²) < 4.78 is 7.58. The second-order valence-corrected chi connectivity index (χ2v) is 7.31. The van der Waals surface area contributed by atoms with Gasteiger partial charge in [-0.3, -0.25) is 9.48 Å². The predicted molar refractivity (Wildman–Crippen MR) is 88.6 cm³/mol. The number of ether oxygens (including phenoxy) is 1. The van der Waals surface area contributed by atoms with Crippen molar-refractivity contribution in [1.29, 1.82) is 0 Å². The Morgan fingerprint density at radius 3 is 3.04 bits per heavy atom. The van der Waals surface area contributed by atoms with Crippen LogP contribution in [-0.4, -0.2) is 40.8 Å². The molecule has 1 aliphatic heterocycles. The van der Waals surface area contributed by atoms with Crippen LogP contribution in [0.3, 0.4) is 0 Å². The Morgan fingerprint density at radius 2 is 2.35 bits per heavy atom. The molecule has 23 heavy (non-hydrogen) atoms. The molecule has 1 aliphatic carbocycles. The van der Waals surface area contributed by atoms with Crippen LogP contribution in [0.5, 0.6) is 0 Å². The molecule has 1 atom stereocenters. The number of rotatable bonds is 5. The Morgan fingerprint density at radius 1 is 1.48 bits per heavy atom. The predicted octanol–water partition coefficient (Wildman–Crippen LogP) is 2.74. The zero-order chi connectivity index (χ0) is 15.8. The van der Waals surface area contributed by atoms with Gasteiger partial charge in [-0.05, 0) is 30.2 Å². The molecule has 1 amide bonds. The minimum absolute atomic E-state index is 0.105. The molecular formula is C17H21N3O2S. The van der Waals surface area contributed by atoms with Crippen molar-refractivity contribution in [2.45, 2.75) is 31.8 Å². The van der Waals surface area contributed by atoms with E-state index in [4.69, 9.17) is 4.74 Å². The fraction of sp³-hybridized carbons (Fsp3) is 0.529. The number of amides is 1. The summed E-state index contributed by atoms with van der Waals surface area (Å²) in [6, 6.07) is 1.89. The Labute approximate surface area is 139 Å². The Kier molecular flexibility index (Phi) is 3.95. The van der Waals surface area contributed by atoms with Crippen LogP contribution in [0.2, 0.25) is 0 Å². The van der Waals surface area contributed by atoms with Crippen LogP contribution in [0.4, 0.5) is 0 Å². The van der Waals surface area contributed by atoms with Gasteiger partial charge in [-0.25, -0.2) is 0 Å². The quantitative estimate of drug-likeness (QED) is 0.846. The van der Waals surface area contributed by atoms with Crippen LogP contribution >= 0.6 is 11.3 Å². The summed E-state index contributed by atoms with van der Waals surface area (Å²) in [5.74, 6) is 1.09. The number of hydrogen-bond acceptors (Lipinski definition) is 4. The third kappa shape index (κ3) is 2.93.